The van der Waals surface area contributed by atoms with Crippen molar-refractivity contribution in [1.29, 1.82) is 0 Å². The van der Waals surface area contributed by atoms with Gasteiger partial charge in [-0.1, -0.05) is 54.6 Å². The van der Waals surface area contributed by atoms with Gasteiger partial charge in [0.25, 0.3) is 0 Å². The molecule has 4 rings (SSSR count). The van der Waals surface area contributed by atoms with Gasteiger partial charge >= 0.3 is 0 Å². The second-order valence-electron chi connectivity index (χ2n) is 5.54. The van der Waals surface area contributed by atoms with E-state index >= 15 is 0 Å². The average Bonchev–Trinajstić information content (AvgIpc) is 3.05. The molecule has 5 heteroatoms. The molecule has 0 unspecified atom stereocenters. The van der Waals surface area contributed by atoms with E-state index in [2.05, 4.69) is 69.9 Å². The number of nitrogen functional groups attached to an aromatic ring is 1. The van der Waals surface area contributed by atoms with Gasteiger partial charge in [-0.2, -0.15) is 0 Å². The van der Waals surface area contributed by atoms with Crippen molar-refractivity contribution in [3.63, 3.8) is 0 Å². The lowest BCUT2D eigenvalue weighted by molar-refractivity contribution is 0.997. The molecular weight excluding hydrogens is 286 g/mol. The van der Waals surface area contributed by atoms with Crippen LogP contribution in [0.15, 0.2) is 60.7 Å². The summed E-state index contributed by atoms with van der Waals surface area (Å²) >= 11 is 0. The monoisotopic (exact) mass is 303 g/mol. The lowest BCUT2D eigenvalue weighted by atomic mass is 10.00. The van der Waals surface area contributed by atoms with Crippen LogP contribution in [0.2, 0.25) is 0 Å². The number of nitrogens with zero attached hydrogens (tertiary/aromatic N) is 1. The number of hydrogen-bond donors (Lipinski definition) is 4. The predicted octanol–water partition coefficient (Wildman–Crippen LogP) is 3.18. The summed E-state index contributed by atoms with van der Waals surface area (Å²) in [5.41, 5.74) is 20.5. The summed E-state index contributed by atoms with van der Waals surface area (Å²) in [6.45, 7) is 0. The summed E-state index contributed by atoms with van der Waals surface area (Å²) in [4.78, 5) is 4.25. The molecule has 114 valence electrons. The molecule has 1 aromatic heterocycles. The molecule has 2 heterocycles. The zero-order chi connectivity index (χ0) is 15.6. The lowest BCUT2D eigenvalue weighted by Gasteiger charge is -2.09. The first-order valence-electron chi connectivity index (χ1n) is 7.50. The van der Waals surface area contributed by atoms with Gasteiger partial charge in [-0.05, 0) is 34.7 Å². The van der Waals surface area contributed by atoms with E-state index in [9.17, 15) is 0 Å². The molecule has 1 aliphatic rings. The van der Waals surface area contributed by atoms with E-state index in [0.717, 1.165) is 23.5 Å². The maximum Gasteiger partial charge on any atom is 0.169 e. The number of benzene rings is 2. The van der Waals surface area contributed by atoms with Crippen molar-refractivity contribution >= 4 is 17.3 Å². The minimum absolute atomic E-state index is 0.512. The number of hydrazine groups is 2. The molecule has 0 saturated carbocycles. The van der Waals surface area contributed by atoms with Gasteiger partial charge in [0.05, 0.1) is 5.69 Å². The minimum Gasteiger partial charge on any atom is -0.384 e. The van der Waals surface area contributed by atoms with E-state index in [-0.39, 0.29) is 0 Å². The first-order chi connectivity index (χ1) is 11.3. The minimum atomic E-state index is 0.512. The summed E-state index contributed by atoms with van der Waals surface area (Å²) < 4.78 is 0. The third-order valence-corrected chi connectivity index (χ3v) is 3.94. The highest BCUT2D eigenvalue weighted by atomic mass is 15.6. The SMILES string of the molecule is Nc1cc(Cc2ccc(-c3ccccc3)cc2)c2c(n1)NNN2. The maximum atomic E-state index is 5.88. The molecule has 0 spiro atoms. The molecule has 3 aromatic rings. The van der Waals surface area contributed by atoms with Gasteiger partial charge in [-0.15, -0.1) is 5.53 Å². The predicted molar refractivity (Wildman–Crippen MR) is 93.7 cm³/mol. The van der Waals surface area contributed by atoms with Gasteiger partial charge in [-0.3, -0.25) is 5.43 Å². The largest absolute Gasteiger partial charge is 0.384 e. The zero-order valence-electron chi connectivity index (χ0n) is 12.5. The van der Waals surface area contributed by atoms with Crippen LogP contribution in [-0.2, 0) is 6.42 Å². The highest BCUT2D eigenvalue weighted by Crippen LogP contribution is 2.30. The molecule has 0 amide bonds. The summed E-state index contributed by atoms with van der Waals surface area (Å²) in [6.07, 6.45) is 0.792. The normalized spacial score (nSPS) is 12.3. The Morgan fingerprint density at radius 1 is 0.870 bits per heavy atom. The molecule has 0 saturated heterocycles. The van der Waals surface area contributed by atoms with Gasteiger partial charge in [0, 0.05) is 0 Å². The average molecular weight is 303 g/mol. The van der Waals surface area contributed by atoms with Crippen LogP contribution >= 0.6 is 0 Å². The van der Waals surface area contributed by atoms with Crippen molar-refractivity contribution in [1.82, 2.24) is 10.5 Å². The summed E-state index contributed by atoms with van der Waals surface area (Å²) in [6, 6.07) is 20.9. The van der Waals surface area contributed by atoms with Crippen LogP contribution < -0.4 is 22.1 Å². The van der Waals surface area contributed by atoms with E-state index in [0.29, 0.717) is 5.82 Å². The second-order valence-corrected chi connectivity index (χ2v) is 5.54. The van der Waals surface area contributed by atoms with Crippen LogP contribution in [0.5, 0.6) is 0 Å². The first kappa shape index (κ1) is 13.6. The molecular formula is C18H17N5. The molecule has 0 aliphatic carbocycles. The Kier molecular flexibility index (Phi) is 3.33. The number of hydrogen-bond acceptors (Lipinski definition) is 5. The molecule has 0 fully saturated rings. The van der Waals surface area contributed by atoms with Crippen LogP contribution in [0.3, 0.4) is 0 Å². The number of anilines is 3. The van der Waals surface area contributed by atoms with E-state index in [4.69, 9.17) is 5.73 Å². The van der Waals surface area contributed by atoms with Crippen molar-refractivity contribution in [2.24, 2.45) is 0 Å². The quantitative estimate of drug-likeness (QED) is 0.598. The summed E-state index contributed by atoms with van der Waals surface area (Å²) in [5, 5.41) is 0. The lowest BCUT2D eigenvalue weighted by Crippen LogP contribution is -2.19. The zero-order valence-corrected chi connectivity index (χ0v) is 12.5. The summed E-state index contributed by atoms with van der Waals surface area (Å²) in [5.74, 6) is 1.25. The van der Waals surface area contributed by atoms with Crippen molar-refractivity contribution < 1.29 is 0 Å². The van der Waals surface area contributed by atoms with Crippen LogP contribution in [-0.4, -0.2) is 4.98 Å². The Labute approximate surface area is 134 Å². The van der Waals surface area contributed by atoms with Gasteiger partial charge in [-0.25, -0.2) is 4.98 Å². The fraction of sp³-hybridized carbons (Fsp3) is 0.0556. The van der Waals surface area contributed by atoms with E-state index in [1.807, 2.05) is 12.1 Å². The highest BCUT2D eigenvalue weighted by Gasteiger charge is 2.16. The van der Waals surface area contributed by atoms with Crippen LogP contribution in [0, 0.1) is 0 Å². The van der Waals surface area contributed by atoms with Crippen molar-refractivity contribution in [2.75, 3.05) is 16.6 Å². The Bertz CT molecular complexity index is 828. The van der Waals surface area contributed by atoms with Crippen molar-refractivity contribution in [2.45, 2.75) is 6.42 Å². The molecule has 0 bridgehead atoms. The van der Waals surface area contributed by atoms with Crippen molar-refractivity contribution in [3.05, 3.63) is 71.8 Å². The van der Waals surface area contributed by atoms with E-state index < -0.39 is 0 Å². The fourth-order valence-electron chi connectivity index (χ4n) is 2.81. The number of pyridine rings is 1. The van der Waals surface area contributed by atoms with Gasteiger partial charge < -0.3 is 11.2 Å². The Hall–Kier alpha value is -3.05. The standard InChI is InChI=1S/C18H17N5/c19-16-11-15(17-18(20-16)22-23-21-17)10-12-6-8-14(9-7-12)13-4-2-1-3-5-13/h1-9,11,21,23H,10H2,(H3,19,20,22). The highest BCUT2D eigenvalue weighted by molar-refractivity contribution is 5.74. The molecule has 5 N–H and O–H groups in total. The number of aromatic nitrogens is 1. The first-order valence-corrected chi connectivity index (χ1v) is 7.50. The third kappa shape index (κ3) is 2.69. The molecule has 2 aromatic carbocycles. The fourth-order valence-corrected chi connectivity index (χ4v) is 2.81. The van der Waals surface area contributed by atoms with Gasteiger partial charge in [0.2, 0.25) is 0 Å². The Morgan fingerprint density at radius 2 is 1.61 bits per heavy atom. The summed E-state index contributed by atoms with van der Waals surface area (Å²) in [7, 11) is 0. The molecule has 1 aliphatic heterocycles. The number of fused-ring (bicyclic) bond motifs is 1. The number of rotatable bonds is 3. The maximum absolute atomic E-state index is 5.88. The Morgan fingerprint density at radius 3 is 2.39 bits per heavy atom. The third-order valence-electron chi connectivity index (χ3n) is 3.94. The topological polar surface area (TPSA) is 75.0 Å². The van der Waals surface area contributed by atoms with E-state index in [1.165, 1.54) is 16.7 Å². The molecule has 0 atom stereocenters. The molecule has 23 heavy (non-hydrogen) atoms. The number of nitrogens with two attached hydrogens (primary N) is 1. The van der Waals surface area contributed by atoms with Crippen LogP contribution in [0.1, 0.15) is 11.1 Å². The Balaban J connectivity index is 1.61. The van der Waals surface area contributed by atoms with Crippen LogP contribution in [0.4, 0.5) is 17.3 Å². The van der Waals surface area contributed by atoms with E-state index in [1.54, 1.807) is 0 Å². The molecule has 0 radical (unpaired) electrons. The van der Waals surface area contributed by atoms with Crippen molar-refractivity contribution in [3.8, 4) is 11.1 Å². The van der Waals surface area contributed by atoms with Crippen LogP contribution in [0.25, 0.3) is 11.1 Å². The number of nitrogens with one attached hydrogen (secondary N) is 3. The molecule has 5 nitrogen and oxygen atoms in total. The van der Waals surface area contributed by atoms with Gasteiger partial charge in [0.1, 0.15) is 5.82 Å². The van der Waals surface area contributed by atoms with Gasteiger partial charge in [0.15, 0.2) is 5.82 Å². The second kappa shape index (κ2) is 5.62. The smallest absolute Gasteiger partial charge is 0.169 e.